The Labute approximate surface area is 381 Å². The molecule has 3 aromatic heterocycles. The van der Waals surface area contributed by atoms with E-state index in [0.717, 1.165) is 65.8 Å². The van der Waals surface area contributed by atoms with E-state index < -0.39 is 31.5 Å². The molecule has 1 unspecified atom stereocenters. The van der Waals surface area contributed by atoms with Gasteiger partial charge in [0.2, 0.25) is 16.0 Å². The number of nitrogens with one attached hydrogen (secondary N) is 1. The number of piperidine rings is 1. The van der Waals surface area contributed by atoms with E-state index in [0.29, 0.717) is 52.7 Å². The van der Waals surface area contributed by atoms with Gasteiger partial charge in [-0.3, -0.25) is 9.69 Å². The first-order chi connectivity index (χ1) is 30.9. The number of nitrogens with two attached hydrogens (primary N) is 1. The zero-order valence-corrected chi connectivity index (χ0v) is 39.4. The summed E-state index contributed by atoms with van der Waals surface area (Å²) in [5, 5.41) is 1.25. The lowest BCUT2D eigenvalue weighted by molar-refractivity contribution is -0.0259. The minimum absolute atomic E-state index is 0.0202. The highest BCUT2D eigenvalue weighted by atomic mass is 32.2. The van der Waals surface area contributed by atoms with E-state index in [2.05, 4.69) is 28.6 Å². The Kier molecular flexibility index (Phi) is 11.6. The van der Waals surface area contributed by atoms with Crippen LogP contribution in [0.2, 0.25) is 0 Å². The highest BCUT2D eigenvalue weighted by molar-refractivity contribution is 7.91. The van der Waals surface area contributed by atoms with Gasteiger partial charge in [0.15, 0.2) is 0 Å². The van der Waals surface area contributed by atoms with Crippen molar-refractivity contribution in [3.63, 3.8) is 0 Å². The molecule has 2 aromatic carbocycles. The van der Waals surface area contributed by atoms with Crippen LogP contribution in [-0.4, -0.2) is 111 Å². The van der Waals surface area contributed by atoms with E-state index in [-0.39, 0.29) is 36.3 Å². The molecule has 1 saturated carbocycles. The number of benzene rings is 2. The number of carbonyl (C=O) groups is 1. The number of H-pyrrole nitrogens is 1. The SMILES string of the molecule is CC1=CC=CCC1(C)S(=O)(=O)n1ccc2c(-c3ccc4nc(N5CCC(N6C[C@@H](C)N(C(=O)OC(C)(C)C)C[C@@H]6C)CC5)nc([C@@](CN)(OC5CC5)c5ccccc5)c4c3)c[nH]c(=O)c21. The summed E-state index contributed by atoms with van der Waals surface area (Å²) in [6, 6.07) is 18.2. The molecule has 344 valence electrons. The first-order valence-electron chi connectivity index (χ1n) is 23.0. The third-order valence-electron chi connectivity index (χ3n) is 14.0. The fraction of sp³-hybridized carbons (Fsp3) is 0.480. The zero-order chi connectivity index (χ0) is 46.1. The van der Waals surface area contributed by atoms with Crippen LogP contribution in [0.15, 0.2) is 95.6 Å². The summed E-state index contributed by atoms with van der Waals surface area (Å²) in [4.78, 5) is 46.9. The number of piperazine rings is 1. The largest absolute Gasteiger partial charge is 0.444 e. The number of hydrogen-bond acceptors (Lipinski definition) is 11. The van der Waals surface area contributed by atoms with Gasteiger partial charge in [-0.2, -0.15) is 0 Å². The Hall–Kier alpha value is -5.35. The van der Waals surface area contributed by atoms with Crippen molar-refractivity contribution in [3.05, 3.63) is 112 Å². The predicted molar refractivity (Wildman–Crippen MR) is 256 cm³/mol. The van der Waals surface area contributed by atoms with Gasteiger partial charge in [0.05, 0.1) is 17.3 Å². The van der Waals surface area contributed by atoms with Crippen LogP contribution in [0.25, 0.3) is 32.9 Å². The van der Waals surface area contributed by atoms with E-state index in [4.69, 9.17) is 25.2 Å². The lowest BCUT2D eigenvalue weighted by Crippen LogP contribution is -2.62. The monoisotopic (exact) mass is 902 g/mol. The van der Waals surface area contributed by atoms with E-state index in [1.165, 1.54) is 6.20 Å². The summed E-state index contributed by atoms with van der Waals surface area (Å²) < 4.78 is 41.5. The third kappa shape index (κ3) is 8.08. The first kappa shape index (κ1) is 44.8. The molecule has 3 fully saturated rings. The molecule has 4 atom stereocenters. The van der Waals surface area contributed by atoms with Crippen molar-refractivity contribution in [1.29, 1.82) is 0 Å². The lowest BCUT2D eigenvalue weighted by atomic mass is 9.86. The number of pyridine rings is 1. The molecular weight excluding hydrogens is 841 g/mol. The Morgan fingerprint density at radius 1 is 0.969 bits per heavy atom. The van der Waals surface area contributed by atoms with Gasteiger partial charge in [0.1, 0.15) is 21.5 Å². The maximum absolute atomic E-state index is 14.4. The van der Waals surface area contributed by atoms with Crippen LogP contribution in [0.3, 0.4) is 0 Å². The van der Waals surface area contributed by atoms with E-state index in [1.807, 2.05) is 99.4 Å². The highest BCUT2D eigenvalue weighted by Gasteiger charge is 2.45. The molecule has 4 aliphatic rings. The average molecular weight is 903 g/mol. The molecule has 15 heteroatoms. The van der Waals surface area contributed by atoms with Crippen LogP contribution < -0.4 is 16.2 Å². The van der Waals surface area contributed by atoms with Gasteiger partial charge in [-0.25, -0.2) is 27.2 Å². The molecule has 5 heterocycles. The molecule has 0 spiro atoms. The van der Waals surface area contributed by atoms with Crippen LogP contribution in [-0.2, 0) is 25.1 Å². The Bertz CT molecular complexity index is 2860. The predicted octanol–water partition coefficient (Wildman–Crippen LogP) is 7.46. The van der Waals surface area contributed by atoms with Crippen molar-refractivity contribution in [2.24, 2.45) is 5.73 Å². The summed E-state index contributed by atoms with van der Waals surface area (Å²) in [5.74, 6) is 0.604. The molecule has 1 amide bonds. The topological polar surface area (TPSA) is 169 Å². The van der Waals surface area contributed by atoms with Gasteiger partial charge in [0.25, 0.3) is 5.56 Å². The number of ether oxygens (including phenoxy) is 2. The standard InChI is InChI=1S/C50H62N8O6S/c1-32-13-11-12-23-49(32,7)65(61,62)58-26-22-39-41(28-52-45(59)43(39)58)35-16-19-42-40(27-35)44(50(31-51,63-38-17-18-38)36-14-9-8-10-15-36)54-46(53-42)55-24-20-37(21-25-55)56-29-34(3)57(30-33(56)2)47(60)64-48(4,5)6/h8-16,19,22,26-28,33-34,37-38H,17-18,20-21,23-25,29-31,51H2,1-7H3,(H,52,59)/t33-,34+,49?,50-/m0/s1. The number of rotatable bonds is 10. The maximum atomic E-state index is 14.4. The van der Waals surface area contributed by atoms with Crippen molar-refractivity contribution in [3.8, 4) is 11.1 Å². The second-order valence-electron chi connectivity index (χ2n) is 19.7. The van der Waals surface area contributed by atoms with Crippen molar-refractivity contribution in [2.75, 3.05) is 37.6 Å². The van der Waals surface area contributed by atoms with Gasteiger partial charge in [0, 0.05) is 79.6 Å². The maximum Gasteiger partial charge on any atom is 0.410 e. The second-order valence-corrected chi connectivity index (χ2v) is 21.9. The molecular formula is C50H62N8O6S. The molecule has 65 heavy (non-hydrogen) atoms. The number of carbonyl (C=O) groups excluding carboxylic acids is 1. The van der Waals surface area contributed by atoms with Crippen molar-refractivity contribution in [2.45, 2.75) is 121 Å². The van der Waals surface area contributed by atoms with E-state index in [9.17, 15) is 18.0 Å². The normalized spacial score (nSPS) is 23.5. The Morgan fingerprint density at radius 2 is 1.71 bits per heavy atom. The number of fused-ring (bicyclic) bond motifs is 2. The minimum atomic E-state index is -4.06. The summed E-state index contributed by atoms with van der Waals surface area (Å²) >= 11 is 0. The quantitative estimate of drug-likeness (QED) is 0.143. The van der Waals surface area contributed by atoms with Crippen molar-refractivity contribution in [1.82, 2.24) is 28.7 Å². The van der Waals surface area contributed by atoms with E-state index >= 15 is 0 Å². The van der Waals surface area contributed by atoms with Crippen LogP contribution >= 0.6 is 0 Å². The molecule has 0 radical (unpaired) electrons. The summed E-state index contributed by atoms with van der Waals surface area (Å²) in [7, 11) is -4.06. The fourth-order valence-electron chi connectivity index (χ4n) is 10.0. The van der Waals surface area contributed by atoms with E-state index in [1.54, 1.807) is 19.2 Å². The number of amides is 1. The van der Waals surface area contributed by atoms with Gasteiger partial charge < -0.3 is 30.0 Å². The smallest absolute Gasteiger partial charge is 0.410 e. The lowest BCUT2D eigenvalue weighted by Gasteiger charge is -2.49. The minimum Gasteiger partial charge on any atom is -0.444 e. The average Bonchev–Trinajstić information content (AvgIpc) is 3.99. The molecule has 2 saturated heterocycles. The van der Waals surface area contributed by atoms with Gasteiger partial charge >= 0.3 is 6.09 Å². The fourth-order valence-corrected chi connectivity index (χ4v) is 11.9. The zero-order valence-electron chi connectivity index (χ0n) is 38.6. The number of allylic oxidation sites excluding steroid dienone is 3. The van der Waals surface area contributed by atoms with Crippen LogP contribution in [0, 0.1) is 0 Å². The highest BCUT2D eigenvalue weighted by Crippen LogP contribution is 2.44. The molecule has 5 aromatic rings. The Balaban J connectivity index is 1.09. The number of aromatic nitrogens is 4. The number of nitrogens with zero attached hydrogens (tertiary/aromatic N) is 6. The molecule has 9 rings (SSSR count). The second kappa shape index (κ2) is 16.8. The summed E-state index contributed by atoms with van der Waals surface area (Å²) in [6.45, 7) is 16.5. The van der Waals surface area contributed by atoms with Gasteiger partial charge in [-0.1, -0.05) is 60.2 Å². The molecule has 3 N–H and O–H groups in total. The molecule has 2 aliphatic carbocycles. The molecule has 0 bridgehead atoms. The van der Waals surface area contributed by atoms with Crippen LogP contribution in [0.5, 0.6) is 0 Å². The van der Waals surface area contributed by atoms with Crippen LogP contribution in [0.1, 0.15) is 91.8 Å². The molecule has 14 nitrogen and oxygen atoms in total. The summed E-state index contributed by atoms with van der Waals surface area (Å²) in [5.41, 5.74) is 9.15. The molecule has 2 aliphatic heterocycles. The van der Waals surface area contributed by atoms with Crippen molar-refractivity contribution < 1.29 is 22.7 Å². The number of aromatic amines is 1. The first-order valence-corrected chi connectivity index (χ1v) is 24.5. The summed E-state index contributed by atoms with van der Waals surface area (Å²) in [6.07, 6.45) is 12.4. The third-order valence-corrected chi connectivity index (χ3v) is 16.5. The number of anilines is 1. The van der Waals surface area contributed by atoms with Gasteiger partial charge in [-0.15, -0.1) is 0 Å². The van der Waals surface area contributed by atoms with Gasteiger partial charge in [-0.05, 0) is 110 Å². The number of hydrogen-bond donors (Lipinski definition) is 2. The van der Waals surface area contributed by atoms with Crippen molar-refractivity contribution >= 4 is 43.9 Å². The van der Waals surface area contributed by atoms with Crippen LogP contribution in [0.4, 0.5) is 10.7 Å². The Morgan fingerprint density at radius 3 is 2.38 bits per heavy atom.